The van der Waals surface area contributed by atoms with E-state index in [1.165, 1.54) is 12.8 Å². The topological polar surface area (TPSA) is 54.0 Å². The molecule has 0 spiro atoms. The standard InChI is InChI=1S/C14H30N2O3/c1-12(10-18-3)19-11-14(17)9-16(2)8-13-4-6-15-7-5-13/h12-15,17H,4-11H2,1-3H3. The molecule has 1 rings (SSSR count). The van der Waals surface area contributed by atoms with Crippen molar-refractivity contribution >= 4 is 0 Å². The maximum Gasteiger partial charge on any atom is 0.0900 e. The summed E-state index contributed by atoms with van der Waals surface area (Å²) in [5.41, 5.74) is 0. The number of piperidine rings is 1. The number of hydrogen-bond acceptors (Lipinski definition) is 5. The van der Waals surface area contributed by atoms with Crippen molar-refractivity contribution in [2.45, 2.75) is 32.0 Å². The molecule has 0 radical (unpaired) electrons. The summed E-state index contributed by atoms with van der Waals surface area (Å²) in [5, 5.41) is 13.3. The number of aliphatic hydroxyl groups excluding tert-OH is 1. The minimum atomic E-state index is -0.425. The molecule has 19 heavy (non-hydrogen) atoms. The van der Waals surface area contributed by atoms with E-state index in [0.717, 1.165) is 25.6 Å². The summed E-state index contributed by atoms with van der Waals surface area (Å²) >= 11 is 0. The summed E-state index contributed by atoms with van der Waals surface area (Å²) < 4.78 is 10.5. The van der Waals surface area contributed by atoms with E-state index < -0.39 is 6.10 Å². The number of likely N-dealkylation sites (N-methyl/N-ethyl adjacent to an activating group) is 1. The molecule has 0 bridgehead atoms. The van der Waals surface area contributed by atoms with Gasteiger partial charge in [-0.1, -0.05) is 0 Å². The zero-order chi connectivity index (χ0) is 14.1. The summed E-state index contributed by atoms with van der Waals surface area (Å²) in [4.78, 5) is 2.21. The van der Waals surface area contributed by atoms with Crippen LogP contribution in [0.2, 0.25) is 0 Å². The molecule has 1 aliphatic heterocycles. The highest BCUT2D eigenvalue weighted by Crippen LogP contribution is 2.12. The van der Waals surface area contributed by atoms with Crippen LogP contribution in [0.4, 0.5) is 0 Å². The summed E-state index contributed by atoms with van der Waals surface area (Å²) in [6.45, 7) is 6.88. The van der Waals surface area contributed by atoms with Crippen LogP contribution in [0.15, 0.2) is 0 Å². The Hall–Kier alpha value is -0.200. The summed E-state index contributed by atoms with van der Waals surface area (Å²) in [6.07, 6.45) is 2.09. The Bertz CT molecular complexity index is 223. The molecule has 0 aliphatic carbocycles. The second-order valence-corrected chi connectivity index (χ2v) is 5.67. The molecule has 5 nitrogen and oxygen atoms in total. The number of nitrogens with one attached hydrogen (secondary N) is 1. The van der Waals surface area contributed by atoms with Crippen LogP contribution in [0.5, 0.6) is 0 Å². The molecule has 1 saturated heterocycles. The van der Waals surface area contributed by atoms with Crippen LogP contribution >= 0.6 is 0 Å². The van der Waals surface area contributed by atoms with Crippen molar-refractivity contribution in [1.82, 2.24) is 10.2 Å². The van der Waals surface area contributed by atoms with Gasteiger partial charge in [0.25, 0.3) is 0 Å². The van der Waals surface area contributed by atoms with Gasteiger partial charge in [0.1, 0.15) is 0 Å². The maximum absolute atomic E-state index is 9.95. The van der Waals surface area contributed by atoms with Gasteiger partial charge in [-0.25, -0.2) is 0 Å². The average Bonchev–Trinajstić information content (AvgIpc) is 2.38. The highest BCUT2D eigenvalue weighted by Gasteiger charge is 2.17. The second kappa shape index (κ2) is 9.66. The van der Waals surface area contributed by atoms with E-state index in [1.807, 2.05) is 6.92 Å². The first-order chi connectivity index (χ1) is 9.11. The Balaban J connectivity index is 2.10. The van der Waals surface area contributed by atoms with Crippen molar-refractivity contribution in [3.05, 3.63) is 0 Å². The molecular weight excluding hydrogens is 244 g/mol. The normalized spacial score (nSPS) is 20.7. The van der Waals surface area contributed by atoms with Crippen LogP contribution in [0.3, 0.4) is 0 Å². The quantitative estimate of drug-likeness (QED) is 0.635. The Morgan fingerprint density at radius 1 is 1.32 bits per heavy atom. The van der Waals surface area contributed by atoms with Gasteiger partial charge in [-0.05, 0) is 45.8 Å². The molecule has 2 N–H and O–H groups in total. The third-order valence-corrected chi connectivity index (χ3v) is 3.53. The highest BCUT2D eigenvalue weighted by molar-refractivity contribution is 4.72. The van der Waals surface area contributed by atoms with Gasteiger partial charge >= 0.3 is 0 Å². The molecule has 0 saturated carbocycles. The molecule has 2 atom stereocenters. The van der Waals surface area contributed by atoms with Crippen molar-refractivity contribution in [1.29, 1.82) is 0 Å². The van der Waals surface area contributed by atoms with E-state index in [2.05, 4.69) is 17.3 Å². The molecule has 0 amide bonds. The number of hydrogen-bond donors (Lipinski definition) is 2. The fourth-order valence-electron chi connectivity index (χ4n) is 2.55. The zero-order valence-corrected chi connectivity index (χ0v) is 12.6. The summed E-state index contributed by atoms with van der Waals surface area (Å²) in [6, 6.07) is 0. The number of nitrogens with zero attached hydrogens (tertiary/aromatic N) is 1. The monoisotopic (exact) mass is 274 g/mol. The van der Waals surface area contributed by atoms with E-state index in [1.54, 1.807) is 7.11 Å². The Morgan fingerprint density at radius 2 is 2.00 bits per heavy atom. The SMILES string of the molecule is COCC(C)OCC(O)CN(C)CC1CCNCC1. The zero-order valence-electron chi connectivity index (χ0n) is 12.6. The number of aliphatic hydroxyl groups is 1. The van der Waals surface area contributed by atoms with Gasteiger partial charge in [0.2, 0.25) is 0 Å². The summed E-state index contributed by atoms with van der Waals surface area (Å²) in [5.74, 6) is 0.756. The second-order valence-electron chi connectivity index (χ2n) is 5.67. The van der Waals surface area contributed by atoms with Crippen LogP contribution in [0.25, 0.3) is 0 Å². The molecule has 1 fully saturated rings. The van der Waals surface area contributed by atoms with Gasteiger partial charge < -0.3 is 24.8 Å². The Labute approximate surface area is 117 Å². The van der Waals surface area contributed by atoms with Crippen LogP contribution in [-0.2, 0) is 9.47 Å². The predicted octanol–water partition coefficient (Wildman–Crippen LogP) is 0.330. The van der Waals surface area contributed by atoms with Gasteiger partial charge in [0.15, 0.2) is 0 Å². The Kier molecular flexibility index (Phi) is 8.57. The van der Waals surface area contributed by atoms with Crippen LogP contribution in [0, 0.1) is 5.92 Å². The fraction of sp³-hybridized carbons (Fsp3) is 1.00. The molecule has 114 valence electrons. The lowest BCUT2D eigenvalue weighted by Crippen LogP contribution is -2.39. The largest absolute Gasteiger partial charge is 0.389 e. The first-order valence-electron chi connectivity index (χ1n) is 7.29. The van der Waals surface area contributed by atoms with E-state index in [-0.39, 0.29) is 6.10 Å². The third-order valence-electron chi connectivity index (χ3n) is 3.53. The van der Waals surface area contributed by atoms with Gasteiger partial charge in [-0.15, -0.1) is 0 Å². The van der Waals surface area contributed by atoms with E-state index in [4.69, 9.17) is 9.47 Å². The molecule has 1 heterocycles. The highest BCUT2D eigenvalue weighted by atomic mass is 16.5. The van der Waals surface area contributed by atoms with Gasteiger partial charge in [0.05, 0.1) is 25.4 Å². The van der Waals surface area contributed by atoms with Crippen LogP contribution in [-0.4, -0.2) is 75.8 Å². The molecule has 0 aromatic heterocycles. The number of ether oxygens (including phenoxy) is 2. The van der Waals surface area contributed by atoms with Crippen molar-refractivity contribution in [2.24, 2.45) is 5.92 Å². The van der Waals surface area contributed by atoms with Crippen LogP contribution in [0.1, 0.15) is 19.8 Å². The van der Waals surface area contributed by atoms with Crippen molar-refractivity contribution < 1.29 is 14.6 Å². The minimum absolute atomic E-state index is 0.0365. The minimum Gasteiger partial charge on any atom is -0.389 e. The van der Waals surface area contributed by atoms with Gasteiger partial charge in [0, 0.05) is 20.2 Å². The molecule has 1 aliphatic rings. The van der Waals surface area contributed by atoms with Gasteiger partial charge in [-0.3, -0.25) is 0 Å². The average molecular weight is 274 g/mol. The first kappa shape index (κ1) is 16.9. The van der Waals surface area contributed by atoms with Gasteiger partial charge in [-0.2, -0.15) is 0 Å². The van der Waals surface area contributed by atoms with E-state index in [0.29, 0.717) is 19.8 Å². The summed E-state index contributed by atoms with van der Waals surface area (Å²) in [7, 11) is 3.73. The third kappa shape index (κ3) is 7.84. The number of rotatable bonds is 9. The molecule has 0 aromatic rings. The van der Waals surface area contributed by atoms with E-state index >= 15 is 0 Å². The van der Waals surface area contributed by atoms with Crippen molar-refractivity contribution in [3.63, 3.8) is 0 Å². The number of methoxy groups -OCH3 is 1. The van der Waals surface area contributed by atoms with Crippen LogP contribution < -0.4 is 5.32 Å². The fourth-order valence-corrected chi connectivity index (χ4v) is 2.55. The molecular formula is C14H30N2O3. The lowest BCUT2D eigenvalue weighted by Gasteiger charge is -2.28. The molecule has 0 aromatic carbocycles. The maximum atomic E-state index is 9.95. The molecule has 2 unspecified atom stereocenters. The van der Waals surface area contributed by atoms with E-state index in [9.17, 15) is 5.11 Å². The first-order valence-corrected chi connectivity index (χ1v) is 7.29. The lowest BCUT2D eigenvalue weighted by atomic mass is 9.97. The smallest absolute Gasteiger partial charge is 0.0900 e. The van der Waals surface area contributed by atoms with Crippen molar-refractivity contribution in [2.75, 3.05) is 53.6 Å². The predicted molar refractivity (Wildman–Crippen MR) is 76.4 cm³/mol. The molecule has 5 heteroatoms. The Morgan fingerprint density at radius 3 is 2.63 bits per heavy atom. The lowest BCUT2D eigenvalue weighted by molar-refractivity contribution is -0.0389. The van der Waals surface area contributed by atoms with Crippen molar-refractivity contribution in [3.8, 4) is 0 Å².